The maximum Gasteiger partial charge on any atom is 0.285 e. The maximum absolute atomic E-state index is 12.6. The molecule has 2 heterocycles. The summed E-state index contributed by atoms with van der Waals surface area (Å²) >= 11 is 0. The van der Waals surface area contributed by atoms with Gasteiger partial charge in [-0.3, -0.25) is 4.68 Å². The number of nitrogens with one attached hydrogen (secondary N) is 1. The number of aromatic nitrogens is 2. The highest BCUT2D eigenvalue weighted by Crippen LogP contribution is 2.28. The van der Waals surface area contributed by atoms with E-state index in [-0.39, 0.29) is 17.5 Å². The lowest BCUT2D eigenvalue weighted by Gasteiger charge is -2.23. The third kappa shape index (κ3) is 2.49. The molecule has 1 aliphatic heterocycles. The number of rotatable bonds is 3. The summed E-state index contributed by atoms with van der Waals surface area (Å²) in [4.78, 5) is 0. The predicted octanol–water partition coefficient (Wildman–Crippen LogP) is 1.49. The van der Waals surface area contributed by atoms with E-state index in [0.717, 1.165) is 25.9 Å². The Morgan fingerprint density at radius 3 is 2.81 bits per heavy atom. The van der Waals surface area contributed by atoms with Crippen molar-refractivity contribution in [1.29, 1.82) is 0 Å². The molecule has 1 saturated heterocycles. The van der Waals surface area contributed by atoms with Gasteiger partial charge in [0.1, 0.15) is 6.10 Å². The van der Waals surface area contributed by atoms with Crippen LogP contribution in [-0.2, 0) is 7.05 Å². The summed E-state index contributed by atoms with van der Waals surface area (Å²) in [5, 5.41) is 6.90. The molecule has 0 aromatic carbocycles. The Bertz CT molecular complexity index is 348. The quantitative estimate of drug-likeness (QED) is 0.856. The van der Waals surface area contributed by atoms with Crippen LogP contribution in [0.3, 0.4) is 0 Å². The van der Waals surface area contributed by atoms with Crippen LogP contribution in [0.2, 0.25) is 0 Å². The summed E-state index contributed by atoms with van der Waals surface area (Å²) in [6.45, 7) is 1.74. The van der Waals surface area contributed by atoms with Crippen LogP contribution in [0.5, 0.6) is 5.75 Å². The Balaban J connectivity index is 2.07. The van der Waals surface area contributed by atoms with E-state index in [1.165, 1.54) is 10.9 Å². The third-order valence-corrected chi connectivity index (χ3v) is 2.61. The van der Waals surface area contributed by atoms with Crippen LogP contribution in [0.1, 0.15) is 25.0 Å². The molecule has 1 aromatic heterocycles. The van der Waals surface area contributed by atoms with Gasteiger partial charge in [-0.25, -0.2) is 8.78 Å². The second-order valence-electron chi connectivity index (χ2n) is 3.92. The van der Waals surface area contributed by atoms with Gasteiger partial charge in [0.15, 0.2) is 11.4 Å². The molecule has 0 amide bonds. The fourth-order valence-electron chi connectivity index (χ4n) is 1.82. The van der Waals surface area contributed by atoms with Crippen molar-refractivity contribution in [1.82, 2.24) is 15.1 Å². The molecule has 90 valence electrons. The highest BCUT2D eigenvalue weighted by atomic mass is 19.3. The summed E-state index contributed by atoms with van der Waals surface area (Å²) in [6, 6.07) is 0. The van der Waals surface area contributed by atoms with Crippen molar-refractivity contribution >= 4 is 0 Å². The normalized spacial score (nSPS) is 18.0. The number of halogens is 2. The Kier molecular flexibility index (Phi) is 3.38. The molecular weight excluding hydrogens is 216 g/mol. The maximum atomic E-state index is 12.6. The Morgan fingerprint density at radius 2 is 2.19 bits per heavy atom. The number of piperidine rings is 1. The molecule has 0 saturated carbocycles. The van der Waals surface area contributed by atoms with Gasteiger partial charge in [-0.15, -0.1) is 0 Å². The predicted molar refractivity (Wildman–Crippen MR) is 54.7 cm³/mol. The first-order chi connectivity index (χ1) is 7.66. The number of hydrogen-bond acceptors (Lipinski definition) is 3. The van der Waals surface area contributed by atoms with Crippen molar-refractivity contribution in [3.05, 3.63) is 11.9 Å². The van der Waals surface area contributed by atoms with Gasteiger partial charge in [0.25, 0.3) is 6.43 Å². The molecule has 0 aliphatic carbocycles. The van der Waals surface area contributed by atoms with Crippen molar-refractivity contribution in [3.63, 3.8) is 0 Å². The molecule has 6 heteroatoms. The summed E-state index contributed by atoms with van der Waals surface area (Å²) in [6.07, 6.45) is 0.624. The molecule has 0 spiro atoms. The minimum Gasteiger partial charge on any atom is -0.487 e. The molecule has 1 aromatic rings. The Morgan fingerprint density at radius 1 is 1.50 bits per heavy atom. The van der Waals surface area contributed by atoms with E-state index in [1.54, 1.807) is 7.05 Å². The zero-order chi connectivity index (χ0) is 11.5. The van der Waals surface area contributed by atoms with Crippen molar-refractivity contribution < 1.29 is 13.5 Å². The van der Waals surface area contributed by atoms with Gasteiger partial charge < -0.3 is 10.1 Å². The Labute approximate surface area is 92.6 Å². The fourth-order valence-corrected chi connectivity index (χ4v) is 1.82. The van der Waals surface area contributed by atoms with E-state index in [0.29, 0.717) is 0 Å². The first-order valence-corrected chi connectivity index (χ1v) is 5.36. The second-order valence-corrected chi connectivity index (χ2v) is 3.92. The molecule has 0 bridgehead atoms. The molecule has 2 rings (SSSR count). The summed E-state index contributed by atoms with van der Waals surface area (Å²) in [5.41, 5.74) is -0.263. The van der Waals surface area contributed by atoms with Crippen molar-refractivity contribution in [3.8, 4) is 5.75 Å². The molecule has 0 atom stereocenters. The SMILES string of the molecule is Cn1cc(OC2CCNCC2)c(C(F)F)n1. The van der Waals surface area contributed by atoms with Crippen molar-refractivity contribution in [2.75, 3.05) is 13.1 Å². The first-order valence-electron chi connectivity index (χ1n) is 5.36. The number of hydrogen-bond donors (Lipinski definition) is 1. The highest BCUT2D eigenvalue weighted by molar-refractivity contribution is 5.25. The van der Waals surface area contributed by atoms with Gasteiger partial charge in [-0.1, -0.05) is 0 Å². The molecule has 1 fully saturated rings. The molecule has 1 N–H and O–H groups in total. The minimum atomic E-state index is -2.59. The molecule has 16 heavy (non-hydrogen) atoms. The van der Waals surface area contributed by atoms with Gasteiger partial charge in [-0.2, -0.15) is 5.10 Å². The molecule has 1 aliphatic rings. The monoisotopic (exact) mass is 231 g/mol. The van der Waals surface area contributed by atoms with Gasteiger partial charge in [0.2, 0.25) is 0 Å². The number of ether oxygens (including phenoxy) is 1. The van der Waals surface area contributed by atoms with Crippen LogP contribution >= 0.6 is 0 Å². The standard InChI is InChI=1S/C10H15F2N3O/c1-15-6-8(9(14-15)10(11)12)16-7-2-4-13-5-3-7/h6-7,10,13H,2-5H2,1H3. The lowest BCUT2D eigenvalue weighted by atomic mass is 10.1. The van der Waals surface area contributed by atoms with E-state index < -0.39 is 6.43 Å². The van der Waals surface area contributed by atoms with Crippen LogP contribution in [0.25, 0.3) is 0 Å². The molecular formula is C10H15F2N3O. The van der Waals surface area contributed by atoms with E-state index in [4.69, 9.17) is 4.74 Å². The number of nitrogens with zero attached hydrogens (tertiary/aromatic N) is 2. The lowest BCUT2D eigenvalue weighted by molar-refractivity contribution is 0.124. The lowest BCUT2D eigenvalue weighted by Crippen LogP contribution is -2.34. The Hall–Kier alpha value is -1.17. The first kappa shape index (κ1) is 11.3. The van der Waals surface area contributed by atoms with Crippen molar-refractivity contribution in [2.45, 2.75) is 25.4 Å². The zero-order valence-corrected chi connectivity index (χ0v) is 9.12. The molecule has 0 unspecified atom stereocenters. The number of aryl methyl sites for hydroxylation is 1. The molecule has 0 radical (unpaired) electrons. The molecule has 4 nitrogen and oxygen atoms in total. The summed E-state index contributed by atoms with van der Waals surface area (Å²) in [5.74, 6) is 0.212. The van der Waals surface area contributed by atoms with Crippen LogP contribution in [0, 0.1) is 0 Å². The largest absolute Gasteiger partial charge is 0.487 e. The highest BCUT2D eigenvalue weighted by Gasteiger charge is 2.22. The van der Waals surface area contributed by atoms with E-state index >= 15 is 0 Å². The van der Waals surface area contributed by atoms with Crippen molar-refractivity contribution in [2.24, 2.45) is 7.05 Å². The topological polar surface area (TPSA) is 39.1 Å². The third-order valence-electron chi connectivity index (χ3n) is 2.61. The number of alkyl halides is 2. The van der Waals surface area contributed by atoms with Gasteiger partial charge in [0.05, 0.1) is 6.20 Å². The average Bonchev–Trinajstić information content (AvgIpc) is 2.61. The fraction of sp³-hybridized carbons (Fsp3) is 0.700. The minimum absolute atomic E-state index is 0.0166. The second kappa shape index (κ2) is 4.78. The summed E-state index contributed by atoms with van der Waals surface area (Å²) < 4.78 is 32.2. The van der Waals surface area contributed by atoms with Gasteiger partial charge >= 0.3 is 0 Å². The smallest absolute Gasteiger partial charge is 0.285 e. The average molecular weight is 231 g/mol. The van der Waals surface area contributed by atoms with Gasteiger partial charge in [-0.05, 0) is 25.9 Å². The van der Waals surface area contributed by atoms with Crippen LogP contribution < -0.4 is 10.1 Å². The van der Waals surface area contributed by atoms with Crippen LogP contribution in [0.15, 0.2) is 6.20 Å². The van der Waals surface area contributed by atoms with E-state index in [9.17, 15) is 8.78 Å². The van der Waals surface area contributed by atoms with Crippen LogP contribution in [0.4, 0.5) is 8.78 Å². The van der Waals surface area contributed by atoms with Crippen LogP contribution in [-0.4, -0.2) is 29.0 Å². The van der Waals surface area contributed by atoms with E-state index in [1.807, 2.05) is 0 Å². The summed E-state index contributed by atoms with van der Waals surface area (Å²) in [7, 11) is 1.61. The zero-order valence-electron chi connectivity index (χ0n) is 9.12. The van der Waals surface area contributed by atoms with Gasteiger partial charge in [0, 0.05) is 7.05 Å². The van der Waals surface area contributed by atoms with E-state index in [2.05, 4.69) is 10.4 Å².